The molecule has 1 aliphatic carbocycles. The van der Waals surface area contributed by atoms with Crippen LogP contribution >= 0.6 is 0 Å². The molecule has 0 heterocycles. The lowest BCUT2D eigenvalue weighted by Gasteiger charge is -2.29. The van der Waals surface area contributed by atoms with Crippen molar-refractivity contribution in [3.05, 3.63) is 29.3 Å². The normalized spacial score (nSPS) is 18.8. The van der Waals surface area contributed by atoms with Crippen molar-refractivity contribution in [3.8, 4) is 17.6 Å². The van der Waals surface area contributed by atoms with Crippen LogP contribution in [0, 0.1) is 17.2 Å². The van der Waals surface area contributed by atoms with Gasteiger partial charge < -0.3 is 19.7 Å². The Bertz CT molecular complexity index is 826. The fourth-order valence-electron chi connectivity index (χ4n) is 3.36. The van der Waals surface area contributed by atoms with Gasteiger partial charge in [-0.1, -0.05) is 25.8 Å². The molecule has 1 fully saturated rings. The Hall–Kier alpha value is -3.01. The number of amides is 2. The number of rotatable bonds is 8. The minimum atomic E-state index is -0.355. The Kier molecular flexibility index (Phi) is 8.72. The van der Waals surface area contributed by atoms with Gasteiger partial charge in [0.1, 0.15) is 11.6 Å². The van der Waals surface area contributed by atoms with E-state index in [-0.39, 0.29) is 30.0 Å². The maximum atomic E-state index is 12.6. The van der Waals surface area contributed by atoms with Gasteiger partial charge in [0.25, 0.3) is 11.8 Å². The predicted octanol–water partition coefficient (Wildman–Crippen LogP) is 3.15. The fraction of sp³-hybridized carbons (Fsp3) is 0.522. The first-order chi connectivity index (χ1) is 14.3. The molecule has 0 radical (unpaired) electrons. The van der Waals surface area contributed by atoms with E-state index in [2.05, 4.69) is 12.2 Å². The molecular formula is C23H31N3O4. The Labute approximate surface area is 178 Å². The van der Waals surface area contributed by atoms with E-state index in [4.69, 9.17) is 9.47 Å². The highest BCUT2D eigenvalue weighted by Crippen LogP contribution is 2.30. The zero-order valence-electron chi connectivity index (χ0n) is 18.2. The molecule has 2 atom stereocenters. The number of hydrogen-bond donors (Lipinski definition) is 1. The third-order valence-corrected chi connectivity index (χ3v) is 5.22. The van der Waals surface area contributed by atoms with Crippen molar-refractivity contribution in [3.63, 3.8) is 0 Å². The minimum absolute atomic E-state index is 0.0478. The second-order valence-corrected chi connectivity index (χ2v) is 7.73. The SMILES string of the molecule is CCOc1cc(/C=C(\C#N)C(=O)N[C@H]2CCCC[C@@H]2C)ccc1OCC(=O)N(C)C. The van der Waals surface area contributed by atoms with Gasteiger partial charge in [-0.05, 0) is 49.5 Å². The van der Waals surface area contributed by atoms with Gasteiger partial charge in [-0.15, -0.1) is 0 Å². The van der Waals surface area contributed by atoms with Crippen LogP contribution in [0.2, 0.25) is 0 Å². The summed E-state index contributed by atoms with van der Waals surface area (Å²) in [6.45, 7) is 4.29. The molecule has 2 amide bonds. The van der Waals surface area contributed by atoms with Crippen LogP contribution < -0.4 is 14.8 Å². The number of hydrogen-bond acceptors (Lipinski definition) is 5. The largest absolute Gasteiger partial charge is 0.490 e. The molecule has 7 nitrogen and oxygen atoms in total. The molecule has 30 heavy (non-hydrogen) atoms. The summed E-state index contributed by atoms with van der Waals surface area (Å²) in [7, 11) is 3.32. The zero-order valence-corrected chi connectivity index (χ0v) is 18.2. The highest BCUT2D eigenvalue weighted by molar-refractivity contribution is 6.01. The summed E-state index contributed by atoms with van der Waals surface area (Å²) in [5.74, 6) is 0.779. The minimum Gasteiger partial charge on any atom is -0.490 e. The number of carbonyl (C=O) groups excluding carboxylic acids is 2. The topological polar surface area (TPSA) is 91.7 Å². The van der Waals surface area contributed by atoms with E-state index in [0.29, 0.717) is 29.6 Å². The summed E-state index contributed by atoms with van der Waals surface area (Å²) in [4.78, 5) is 25.8. The molecular weight excluding hydrogens is 382 g/mol. The van der Waals surface area contributed by atoms with Crippen LogP contribution in [0.5, 0.6) is 11.5 Å². The second-order valence-electron chi connectivity index (χ2n) is 7.73. The molecule has 2 rings (SSSR count). The van der Waals surface area contributed by atoms with Crippen molar-refractivity contribution in [1.29, 1.82) is 5.26 Å². The zero-order chi connectivity index (χ0) is 22.1. The summed E-state index contributed by atoms with van der Waals surface area (Å²) >= 11 is 0. The van der Waals surface area contributed by atoms with Gasteiger partial charge in [0, 0.05) is 20.1 Å². The van der Waals surface area contributed by atoms with E-state index in [1.165, 1.54) is 11.3 Å². The maximum Gasteiger partial charge on any atom is 0.262 e. The molecule has 7 heteroatoms. The highest BCUT2D eigenvalue weighted by Gasteiger charge is 2.24. The molecule has 0 saturated heterocycles. The average molecular weight is 414 g/mol. The Balaban J connectivity index is 2.16. The van der Waals surface area contributed by atoms with Gasteiger partial charge in [-0.3, -0.25) is 9.59 Å². The van der Waals surface area contributed by atoms with Crippen LogP contribution in [-0.4, -0.2) is 50.1 Å². The number of nitrogens with one attached hydrogen (secondary N) is 1. The van der Waals surface area contributed by atoms with Crippen LogP contribution in [0.1, 0.15) is 45.1 Å². The lowest BCUT2D eigenvalue weighted by Crippen LogP contribution is -2.41. The first-order valence-corrected chi connectivity index (χ1v) is 10.4. The first kappa shape index (κ1) is 23.3. The number of likely N-dealkylation sites (N-methyl/N-ethyl adjacent to an activating group) is 1. The number of benzene rings is 1. The molecule has 1 aliphatic rings. The van der Waals surface area contributed by atoms with Crippen LogP contribution in [0.4, 0.5) is 0 Å². The third kappa shape index (κ3) is 6.51. The molecule has 0 spiro atoms. The van der Waals surface area contributed by atoms with Gasteiger partial charge in [-0.25, -0.2) is 0 Å². The molecule has 0 unspecified atom stereocenters. The first-order valence-electron chi connectivity index (χ1n) is 10.4. The summed E-state index contributed by atoms with van der Waals surface area (Å²) in [6.07, 6.45) is 5.85. The fourth-order valence-corrected chi connectivity index (χ4v) is 3.36. The summed E-state index contributed by atoms with van der Waals surface area (Å²) in [6, 6.07) is 7.21. The lowest BCUT2D eigenvalue weighted by molar-refractivity contribution is -0.130. The quantitative estimate of drug-likeness (QED) is 0.522. The van der Waals surface area contributed by atoms with Gasteiger partial charge in [0.05, 0.1) is 6.61 Å². The molecule has 1 saturated carbocycles. The number of carbonyl (C=O) groups is 2. The molecule has 0 aliphatic heterocycles. The average Bonchev–Trinajstić information content (AvgIpc) is 2.72. The van der Waals surface area contributed by atoms with Gasteiger partial charge in [-0.2, -0.15) is 5.26 Å². The monoisotopic (exact) mass is 413 g/mol. The number of nitriles is 1. The van der Waals surface area contributed by atoms with Crippen LogP contribution in [0.3, 0.4) is 0 Å². The van der Waals surface area contributed by atoms with Crippen molar-refractivity contribution >= 4 is 17.9 Å². The lowest BCUT2D eigenvalue weighted by atomic mass is 9.86. The molecule has 1 N–H and O–H groups in total. The maximum absolute atomic E-state index is 12.6. The number of ether oxygens (including phenoxy) is 2. The van der Waals surface area contributed by atoms with E-state index >= 15 is 0 Å². The smallest absolute Gasteiger partial charge is 0.262 e. The third-order valence-electron chi connectivity index (χ3n) is 5.22. The predicted molar refractivity (Wildman–Crippen MR) is 115 cm³/mol. The van der Waals surface area contributed by atoms with E-state index in [1.54, 1.807) is 38.4 Å². The Morgan fingerprint density at radius 1 is 1.23 bits per heavy atom. The van der Waals surface area contributed by atoms with Gasteiger partial charge in [0.15, 0.2) is 18.1 Å². The second kappa shape index (κ2) is 11.2. The molecule has 1 aromatic rings. The van der Waals surface area contributed by atoms with Crippen LogP contribution in [0.15, 0.2) is 23.8 Å². The standard InChI is InChI=1S/C23H31N3O4/c1-5-29-21-13-17(10-11-20(21)30-15-22(27)26(3)4)12-18(14-24)23(28)25-19-9-7-6-8-16(19)2/h10-13,16,19H,5-9,15H2,1-4H3,(H,25,28)/b18-12+/t16-,19-/m0/s1. The Morgan fingerprint density at radius 2 is 1.97 bits per heavy atom. The van der Waals surface area contributed by atoms with Crippen molar-refractivity contribution in [1.82, 2.24) is 10.2 Å². The summed E-state index contributed by atoms with van der Waals surface area (Å²) in [5.41, 5.74) is 0.694. The van der Waals surface area contributed by atoms with Gasteiger partial charge >= 0.3 is 0 Å². The van der Waals surface area contributed by atoms with E-state index in [1.807, 2.05) is 13.0 Å². The van der Waals surface area contributed by atoms with Crippen molar-refractivity contribution in [2.75, 3.05) is 27.3 Å². The molecule has 0 aromatic heterocycles. The van der Waals surface area contributed by atoms with E-state index < -0.39 is 0 Å². The highest BCUT2D eigenvalue weighted by atomic mass is 16.5. The van der Waals surface area contributed by atoms with Crippen molar-refractivity contribution in [2.24, 2.45) is 5.92 Å². The summed E-state index contributed by atoms with van der Waals surface area (Å²) < 4.78 is 11.2. The molecule has 1 aromatic carbocycles. The number of nitrogens with zero attached hydrogens (tertiary/aromatic N) is 2. The van der Waals surface area contributed by atoms with Crippen molar-refractivity contribution < 1.29 is 19.1 Å². The van der Waals surface area contributed by atoms with Crippen LogP contribution in [0.25, 0.3) is 6.08 Å². The van der Waals surface area contributed by atoms with Crippen LogP contribution in [-0.2, 0) is 9.59 Å². The summed E-state index contributed by atoms with van der Waals surface area (Å²) in [5, 5.41) is 12.5. The molecule has 0 bridgehead atoms. The Morgan fingerprint density at radius 3 is 2.60 bits per heavy atom. The van der Waals surface area contributed by atoms with E-state index in [9.17, 15) is 14.9 Å². The molecule has 162 valence electrons. The van der Waals surface area contributed by atoms with Crippen molar-refractivity contribution in [2.45, 2.75) is 45.6 Å². The van der Waals surface area contributed by atoms with Gasteiger partial charge in [0.2, 0.25) is 0 Å². The van der Waals surface area contributed by atoms with E-state index in [0.717, 1.165) is 19.3 Å².